The van der Waals surface area contributed by atoms with Gasteiger partial charge in [-0.1, -0.05) is 31.2 Å². The first-order valence-electron chi connectivity index (χ1n) is 7.65. The molecule has 6 nitrogen and oxygen atoms in total. The zero-order chi connectivity index (χ0) is 16.6. The molecule has 0 bridgehead atoms. The van der Waals surface area contributed by atoms with E-state index in [0.29, 0.717) is 18.7 Å². The van der Waals surface area contributed by atoms with Crippen LogP contribution in [0.4, 0.5) is 0 Å². The Labute approximate surface area is 134 Å². The first kappa shape index (κ1) is 16.0. The van der Waals surface area contributed by atoms with E-state index in [2.05, 4.69) is 10.2 Å². The fourth-order valence-corrected chi connectivity index (χ4v) is 4.72. The molecule has 0 amide bonds. The van der Waals surface area contributed by atoms with Gasteiger partial charge in [0.1, 0.15) is 0 Å². The smallest absolute Gasteiger partial charge is 0.392 e. The molecule has 0 aliphatic heterocycles. The van der Waals surface area contributed by atoms with Crippen LogP contribution in [0.5, 0.6) is 0 Å². The van der Waals surface area contributed by atoms with Crippen LogP contribution in [0, 0.1) is 11.8 Å². The van der Waals surface area contributed by atoms with E-state index in [1.165, 1.54) is 6.26 Å². The maximum atomic E-state index is 12.2. The summed E-state index contributed by atoms with van der Waals surface area (Å²) in [5.74, 6) is 0.179. The highest BCUT2D eigenvalue weighted by Gasteiger charge is 2.35. The molecule has 0 saturated heterocycles. The molecule has 3 atom stereocenters. The van der Waals surface area contributed by atoms with E-state index in [1.54, 1.807) is 0 Å². The van der Waals surface area contributed by atoms with Gasteiger partial charge in [0.15, 0.2) is 9.84 Å². The topological polar surface area (TPSA) is 93.0 Å². The Hall–Kier alpha value is -1.89. The van der Waals surface area contributed by atoms with E-state index in [0.717, 1.165) is 17.5 Å². The summed E-state index contributed by atoms with van der Waals surface area (Å²) in [6.07, 6.45) is 3.24. The zero-order valence-electron chi connectivity index (χ0n) is 13.2. The number of nitrogens with one attached hydrogen (secondary N) is 1. The molecule has 124 valence electrons. The normalized spacial score (nSPS) is 22.5. The van der Waals surface area contributed by atoms with Crippen LogP contribution in [-0.4, -0.2) is 24.9 Å². The number of sulfone groups is 1. The molecule has 1 aromatic carbocycles. The van der Waals surface area contributed by atoms with E-state index < -0.39 is 20.8 Å². The average Bonchev–Trinajstić information content (AvgIpc) is 2.90. The Bertz CT molecular complexity index is 853. The van der Waals surface area contributed by atoms with Gasteiger partial charge in [-0.25, -0.2) is 18.3 Å². The van der Waals surface area contributed by atoms with Crippen LogP contribution in [0.1, 0.15) is 35.6 Å². The van der Waals surface area contributed by atoms with E-state index in [9.17, 15) is 13.2 Å². The van der Waals surface area contributed by atoms with Gasteiger partial charge in [-0.2, -0.15) is 0 Å². The highest BCUT2D eigenvalue weighted by molar-refractivity contribution is 7.90. The lowest BCUT2D eigenvalue weighted by Crippen LogP contribution is -2.28. The molecule has 1 heterocycles. The summed E-state index contributed by atoms with van der Waals surface area (Å²) < 4.78 is 29.4. The molecule has 1 N–H and O–H groups in total. The van der Waals surface area contributed by atoms with Crippen LogP contribution in [-0.2, 0) is 22.7 Å². The third kappa shape index (κ3) is 3.39. The van der Waals surface area contributed by atoms with Crippen molar-refractivity contribution in [1.82, 2.24) is 10.2 Å². The summed E-state index contributed by atoms with van der Waals surface area (Å²) in [6, 6.07) is 7.74. The summed E-state index contributed by atoms with van der Waals surface area (Å²) >= 11 is 0. The molecule has 2 aromatic rings. The average molecular weight is 336 g/mol. The SMILES string of the molecule is C[C@@H](Cc1n[nH]c(=O)o1)[C@@H]1Cc2ccccc2C(S(C)(=O)=O)C1. The second kappa shape index (κ2) is 5.96. The van der Waals surface area contributed by atoms with Crippen molar-refractivity contribution in [2.75, 3.05) is 6.26 Å². The third-order valence-corrected chi connectivity index (χ3v) is 6.18. The minimum Gasteiger partial charge on any atom is -0.392 e. The van der Waals surface area contributed by atoms with Gasteiger partial charge in [-0.05, 0) is 35.8 Å². The van der Waals surface area contributed by atoms with E-state index in [1.807, 2.05) is 31.2 Å². The van der Waals surface area contributed by atoms with Crippen LogP contribution < -0.4 is 5.76 Å². The number of hydrogen-bond donors (Lipinski definition) is 1. The summed E-state index contributed by atoms with van der Waals surface area (Å²) in [5, 5.41) is 5.63. The van der Waals surface area contributed by atoms with Gasteiger partial charge in [0, 0.05) is 12.7 Å². The minimum absolute atomic E-state index is 0.166. The van der Waals surface area contributed by atoms with Crippen molar-refractivity contribution in [1.29, 1.82) is 0 Å². The highest BCUT2D eigenvalue weighted by Crippen LogP contribution is 2.41. The molecule has 0 fully saturated rings. The zero-order valence-corrected chi connectivity index (χ0v) is 14.0. The Morgan fingerprint density at radius 2 is 2.13 bits per heavy atom. The van der Waals surface area contributed by atoms with Gasteiger partial charge in [-0.15, -0.1) is 5.10 Å². The first-order valence-corrected chi connectivity index (χ1v) is 9.61. The van der Waals surface area contributed by atoms with Crippen molar-refractivity contribution in [2.24, 2.45) is 11.8 Å². The maximum absolute atomic E-state index is 12.2. The minimum atomic E-state index is -3.17. The number of fused-ring (bicyclic) bond motifs is 1. The molecule has 0 spiro atoms. The molecule has 7 heteroatoms. The Morgan fingerprint density at radius 3 is 2.78 bits per heavy atom. The molecule has 23 heavy (non-hydrogen) atoms. The van der Waals surface area contributed by atoms with Crippen molar-refractivity contribution in [2.45, 2.75) is 31.4 Å². The largest absolute Gasteiger partial charge is 0.434 e. The second-order valence-electron chi connectivity index (χ2n) is 6.41. The molecular weight excluding hydrogens is 316 g/mol. The van der Waals surface area contributed by atoms with E-state index in [4.69, 9.17) is 4.42 Å². The lowest BCUT2D eigenvalue weighted by Gasteiger charge is -2.33. The molecule has 0 saturated carbocycles. The first-order chi connectivity index (χ1) is 10.8. The molecule has 1 aliphatic carbocycles. The summed E-state index contributed by atoms with van der Waals surface area (Å²) in [4.78, 5) is 11.0. The van der Waals surface area contributed by atoms with Gasteiger partial charge < -0.3 is 4.42 Å². The highest BCUT2D eigenvalue weighted by atomic mass is 32.2. The number of nitrogens with zero attached hydrogens (tertiary/aromatic N) is 1. The fraction of sp³-hybridized carbons (Fsp3) is 0.500. The van der Waals surface area contributed by atoms with E-state index >= 15 is 0 Å². The summed E-state index contributed by atoms with van der Waals surface area (Å²) in [5.41, 5.74) is 2.01. The van der Waals surface area contributed by atoms with Gasteiger partial charge in [-0.3, -0.25) is 0 Å². The molecular formula is C16H20N2O4S. The second-order valence-corrected chi connectivity index (χ2v) is 8.63. The van der Waals surface area contributed by atoms with Crippen LogP contribution >= 0.6 is 0 Å². The van der Waals surface area contributed by atoms with Crippen LogP contribution in [0.3, 0.4) is 0 Å². The predicted molar refractivity (Wildman–Crippen MR) is 85.8 cm³/mol. The Balaban J connectivity index is 1.86. The van der Waals surface area contributed by atoms with Crippen LogP contribution in [0.2, 0.25) is 0 Å². The van der Waals surface area contributed by atoms with Gasteiger partial charge in [0.05, 0.1) is 5.25 Å². The predicted octanol–water partition coefficient (Wildman–Crippen LogP) is 1.89. The summed E-state index contributed by atoms with van der Waals surface area (Å²) in [7, 11) is -3.17. The maximum Gasteiger partial charge on any atom is 0.434 e. The van der Waals surface area contributed by atoms with Crippen LogP contribution in [0.15, 0.2) is 33.5 Å². The lowest BCUT2D eigenvalue weighted by atomic mass is 9.76. The number of aromatic nitrogens is 2. The quantitative estimate of drug-likeness (QED) is 0.920. The van der Waals surface area contributed by atoms with Crippen molar-refractivity contribution < 1.29 is 12.8 Å². The summed E-state index contributed by atoms with van der Waals surface area (Å²) in [6.45, 7) is 2.05. The number of H-pyrrole nitrogens is 1. The number of rotatable bonds is 4. The molecule has 3 rings (SSSR count). The monoisotopic (exact) mass is 336 g/mol. The third-order valence-electron chi connectivity index (χ3n) is 4.70. The van der Waals surface area contributed by atoms with E-state index in [-0.39, 0.29) is 11.8 Å². The lowest BCUT2D eigenvalue weighted by molar-refractivity contribution is 0.291. The van der Waals surface area contributed by atoms with Crippen molar-refractivity contribution >= 4 is 9.84 Å². The number of hydrogen-bond acceptors (Lipinski definition) is 5. The number of benzene rings is 1. The fourth-order valence-electron chi connectivity index (χ4n) is 3.43. The standard InChI is InChI=1S/C16H20N2O4S/c1-10(7-15-17-18-16(19)22-15)12-8-11-5-3-4-6-13(11)14(9-12)23(2,20)21/h3-6,10,12,14H,7-9H2,1-2H3,(H,18,19)/t10-,12+,14?/m0/s1. The van der Waals surface area contributed by atoms with Gasteiger partial charge in [0.25, 0.3) is 0 Å². The molecule has 1 aliphatic rings. The van der Waals surface area contributed by atoms with Crippen molar-refractivity contribution in [3.8, 4) is 0 Å². The molecule has 0 radical (unpaired) electrons. The van der Waals surface area contributed by atoms with Gasteiger partial charge in [0.2, 0.25) is 5.89 Å². The molecule has 1 unspecified atom stereocenters. The Morgan fingerprint density at radius 1 is 1.39 bits per heavy atom. The van der Waals surface area contributed by atoms with Gasteiger partial charge >= 0.3 is 5.76 Å². The number of aromatic amines is 1. The Kier molecular flexibility index (Phi) is 4.14. The van der Waals surface area contributed by atoms with Crippen molar-refractivity contribution in [3.05, 3.63) is 51.8 Å². The van der Waals surface area contributed by atoms with Crippen LogP contribution in [0.25, 0.3) is 0 Å². The molecule has 1 aromatic heterocycles. The van der Waals surface area contributed by atoms with Crippen molar-refractivity contribution in [3.63, 3.8) is 0 Å².